The lowest BCUT2D eigenvalue weighted by Gasteiger charge is -2.36. The van der Waals surface area contributed by atoms with E-state index in [4.69, 9.17) is 5.11 Å². The van der Waals surface area contributed by atoms with E-state index in [1.54, 1.807) is 6.07 Å². The lowest BCUT2D eigenvalue weighted by Crippen LogP contribution is -2.51. The van der Waals surface area contributed by atoms with Crippen LogP contribution in [0.2, 0.25) is 0 Å². The number of urea groups is 1. The first-order valence-corrected chi connectivity index (χ1v) is 7.04. The summed E-state index contributed by atoms with van der Waals surface area (Å²) in [6.07, 6.45) is 0. The minimum atomic E-state index is -0.869. The number of piperazine rings is 1. The van der Waals surface area contributed by atoms with Crippen molar-refractivity contribution < 1.29 is 14.7 Å². The maximum Gasteiger partial charge on any atom is 0.345 e. The second kappa shape index (κ2) is 4.82. The van der Waals surface area contributed by atoms with Crippen LogP contribution in [0.4, 0.5) is 4.79 Å². The van der Waals surface area contributed by atoms with Gasteiger partial charge < -0.3 is 15.3 Å². The lowest BCUT2D eigenvalue weighted by molar-refractivity contribution is 0.0702. The summed E-state index contributed by atoms with van der Waals surface area (Å²) in [6.45, 7) is 3.90. The van der Waals surface area contributed by atoms with Crippen LogP contribution in [0.5, 0.6) is 0 Å². The largest absolute Gasteiger partial charge is 0.477 e. The van der Waals surface area contributed by atoms with Gasteiger partial charge >= 0.3 is 12.0 Å². The summed E-state index contributed by atoms with van der Waals surface area (Å²) in [5, 5.41) is 11.8. The Bertz CT molecular complexity index is 516. The second-order valence-electron chi connectivity index (χ2n) is 4.84. The number of carbonyl (C=O) groups excluding carboxylic acids is 1. The second-order valence-corrected chi connectivity index (χ2v) is 6.01. The van der Waals surface area contributed by atoms with Gasteiger partial charge in [-0.15, -0.1) is 11.3 Å². The molecule has 102 valence electrons. The molecule has 2 aliphatic rings. The highest BCUT2D eigenvalue weighted by Gasteiger charge is 2.35. The molecule has 0 saturated carbocycles. The molecule has 0 bridgehead atoms. The van der Waals surface area contributed by atoms with Crippen molar-refractivity contribution in [3.05, 3.63) is 21.9 Å². The third-order valence-corrected chi connectivity index (χ3v) is 4.63. The van der Waals surface area contributed by atoms with Crippen molar-refractivity contribution in [1.82, 2.24) is 15.1 Å². The molecule has 2 amide bonds. The first-order chi connectivity index (χ1) is 9.13. The third kappa shape index (κ3) is 2.43. The van der Waals surface area contributed by atoms with Crippen LogP contribution >= 0.6 is 11.3 Å². The molecule has 1 aromatic heterocycles. The maximum atomic E-state index is 11.5. The molecule has 0 aromatic carbocycles. The molecule has 6 nitrogen and oxygen atoms in total. The van der Waals surface area contributed by atoms with Crippen molar-refractivity contribution in [2.45, 2.75) is 12.6 Å². The first-order valence-electron chi connectivity index (χ1n) is 6.22. The van der Waals surface area contributed by atoms with Crippen LogP contribution in [0.3, 0.4) is 0 Å². The number of nitrogens with zero attached hydrogens (tertiary/aromatic N) is 2. The number of fused-ring (bicyclic) bond motifs is 1. The number of carboxylic acids is 1. The highest BCUT2D eigenvalue weighted by atomic mass is 32.1. The van der Waals surface area contributed by atoms with Gasteiger partial charge in [0.05, 0.1) is 6.04 Å². The van der Waals surface area contributed by atoms with Gasteiger partial charge in [-0.3, -0.25) is 4.90 Å². The molecule has 2 aliphatic heterocycles. The number of amides is 2. The van der Waals surface area contributed by atoms with Crippen LogP contribution < -0.4 is 5.32 Å². The fraction of sp³-hybridized carbons (Fsp3) is 0.500. The normalized spacial score (nSPS) is 23.3. The molecule has 0 radical (unpaired) electrons. The van der Waals surface area contributed by atoms with Crippen molar-refractivity contribution in [3.8, 4) is 0 Å². The summed E-state index contributed by atoms with van der Waals surface area (Å²) in [5.41, 5.74) is 0. The van der Waals surface area contributed by atoms with Gasteiger partial charge in [0.25, 0.3) is 0 Å². The summed E-state index contributed by atoms with van der Waals surface area (Å²) < 4.78 is 0. The van der Waals surface area contributed by atoms with E-state index < -0.39 is 5.97 Å². The van der Waals surface area contributed by atoms with E-state index in [2.05, 4.69) is 10.2 Å². The Morgan fingerprint density at radius 2 is 2.32 bits per heavy atom. The predicted octanol–water partition coefficient (Wildman–Crippen LogP) is 0.656. The zero-order valence-electron chi connectivity index (χ0n) is 10.3. The Labute approximate surface area is 114 Å². The first kappa shape index (κ1) is 12.4. The molecular weight excluding hydrogens is 266 g/mol. The zero-order chi connectivity index (χ0) is 13.4. The number of carbonyl (C=O) groups is 2. The Balaban J connectivity index is 1.61. The average molecular weight is 281 g/mol. The van der Waals surface area contributed by atoms with Gasteiger partial charge in [-0.1, -0.05) is 0 Å². The fourth-order valence-electron chi connectivity index (χ4n) is 2.61. The molecule has 1 aromatic rings. The molecule has 1 unspecified atom stereocenters. The number of nitrogens with one attached hydrogen (secondary N) is 1. The molecule has 3 heterocycles. The van der Waals surface area contributed by atoms with Crippen molar-refractivity contribution in [3.63, 3.8) is 0 Å². The minimum absolute atomic E-state index is 0.0361. The van der Waals surface area contributed by atoms with Gasteiger partial charge in [0.15, 0.2) is 0 Å². The van der Waals surface area contributed by atoms with Crippen LogP contribution in [-0.4, -0.2) is 59.1 Å². The van der Waals surface area contributed by atoms with Gasteiger partial charge in [0.2, 0.25) is 0 Å². The Hall–Kier alpha value is -1.60. The Morgan fingerprint density at radius 1 is 1.47 bits per heavy atom. The van der Waals surface area contributed by atoms with Crippen LogP contribution in [-0.2, 0) is 6.54 Å². The quantitative estimate of drug-likeness (QED) is 0.853. The van der Waals surface area contributed by atoms with Crippen LogP contribution in [0.1, 0.15) is 14.5 Å². The molecule has 1 atom stereocenters. The summed E-state index contributed by atoms with van der Waals surface area (Å²) in [4.78, 5) is 27.9. The van der Waals surface area contributed by atoms with Crippen molar-refractivity contribution >= 4 is 23.3 Å². The lowest BCUT2D eigenvalue weighted by atomic mass is 10.2. The van der Waals surface area contributed by atoms with Crippen LogP contribution in [0.25, 0.3) is 0 Å². The van der Waals surface area contributed by atoms with E-state index >= 15 is 0 Å². The molecular formula is C12H15N3O3S. The number of hydrogen-bond acceptors (Lipinski definition) is 4. The molecule has 2 N–H and O–H groups in total. The monoisotopic (exact) mass is 281 g/mol. The summed E-state index contributed by atoms with van der Waals surface area (Å²) in [5.74, 6) is -0.869. The highest BCUT2D eigenvalue weighted by molar-refractivity contribution is 7.13. The van der Waals surface area contributed by atoms with E-state index in [1.165, 1.54) is 11.3 Å². The molecule has 2 fully saturated rings. The maximum absolute atomic E-state index is 11.5. The van der Waals surface area contributed by atoms with Crippen LogP contribution in [0, 0.1) is 0 Å². The summed E-state index contributed by atoms with van der Waals surface area (Å²) in [6, 6.07) is 3.81. The number of carboxylic acid groups (broad SMARTS) is 1. The van der Waals surface area contributed by atoms with E-state index in [0.717, 1.165) is 31.1 Å². The SMILES string of the molecule is O=C(O)c1ccc(CN2CCN3C(=O)NCC3C2)s1. The van der Waals surface area contributed by atoms with E-state index in [0.29, 0.717) is 11.4 Å². The predicted molar refractivity (Wildman–Crippen MR) is 70.4 cm³/mol. The van der Waals surface area contributed by atoms with Gasteiger partial charge in [0, 0.05) is 37.6 Å². The van der Waals surface area contributed by atoms with Crippen LogP contribution in [0.15, 0.2) is 12.1 Å². The molecule has 19 heavy (non-hydrogen) atoms. The molecule has 2 saturated heterocycles. The fourth-order valence-corrected chi connectivity index (χ4v) is 3.50. The number of rotatable bonds is 3. The van der Waals surface area contributed by atoms with Crippen molar-refractivity contribution in [2.75, 3.05) is 26.2 Å². The Kier molecular flexibility index (Phi) is 3.16. The highest BCUT2D eigenvalue weighted by Crippen LogP contribution is 2.21. The number of hydrogen-bond donors (Lipinski definition) is 2. The standard InChI is InChI=1S/C12H15N3O3S/c16-11(17)10-2-1-9(19-10)7-14-3-4-15-8(6-14)5-13-12(15)18/h1-2,8H,3-7H2,(H,13,18)(H,16,17). The smallest absolute Gasteiger partial charge is 0.345 e. The van der Waals surface area contributed by atoms with E-state index in [1.807, 2.05) is 11.0 Å². The number of thiophene rings is 1. The average Bonchev–Trinajstić information content (AvgIpc) is 2.97. The minimum Gasteiger partial charge on any atom is -0.477 e. The van der Waals surface area contributed by atoms with Gasteiger partial charge in [-0.2, -0.15) is 0 Å². The van der Waals surface area contributed by atoms with Crippen molar-refractivity contribution in [1.29, 1.82) is 0 Å². The van der Waals surface area contributed by atoms with Gasteiger partial charge in [-0.05, 0) is 12.1 Å². The molecule has 7 heteroatoms. The molecule has 3 rings (SSSR count). The summed E-state index contributed by atoms with van der Waals surface area (Å²) >= 11 is 1.32. The van der Waals surface area contributed by atoms with Gasteiger partial charge in [-0.25, -0.2) is 9.59 Å². The molecule has 0 spiro atoms. The van der Waals surface area contributed by atoms with E-state index in [9.17, 15) is 9.59 Å². The van der Waals surface area contributed by atoms with Gasteiger partial charge in [0.1, 0.15) is 4.88 Å². The van der Waals surface area contributed by atoms with Crippen molar-refractivity contribution in [2.24, 2.45) is 0 Å². The zero-order valence-corrected chi connectivity index (χ0v) is 11.2. The third-order valence-electron chi connectivity index (χ3n) is 3.57. The Morgan fingerprint density at radius 3 is 3.05 bits per heavy atom. The van der Waals surface area contributed by atoms with E-state index in [-0.39, 0.29) is 12.1 Å². The topological polar surface area (TPSA) is 72.9 Å². The summed E-state index contributed by atoms with van der Waals surface area (Å²) in [7, 11) is 0. The number of aromatic carboxylic acids is 1. The molecule has 0 aliphatic carbocycles.